The molecule has 1 fully saturated rings. The van der Waals surface area contributed by atoms with Crippen LogP contribution in [-0.4, -0.2) is 86.0 Å². The van der Waals surface area contributed by atoms with Gasteiger partial charge in [-0.25, -0.2) is 4.21 Å². The average Bonchev–Trinajstić information content (AvgIpc) is 3.53. The van der Waals surface area contributed by atoms with Crippen molar-refractivity contribution in [3.05, 3.63) is 82.0 Å². The summed E-state index contributed by atoms with van der Waals surface area (Å²) in [5, 5.41) is 4.93. The summed E-state index contributed by atoms with van der Waals surface area (Å²) >= 11 is 6.54. The van der Waals surface area contributed by atoms with E-state index in [0.29, 0.717) is 61.1 Å². The van der Waals surface area contributed by atoms with Crippen LogP contribution < -0.4 is 19.1 Å². The number of benzene rings is 2. The van der Waals surface area contributed by atoms with E-state index in [4.69, 9.17) is 30.2 Å². The predicted octanol–water partition coefficient (Wildman–Crippen LogP) is 9.71. The van der Waals surface area contributed by atoms with Gasteiger partial charge in [-0.05, 0) is 114 Å². The monoisotopic (exact) mass is 921 g/mol. The summed E-state index contributed by atoms with van der Waals surface area (Å²) in [5.41, 5.74) is 4.80. The van der Waals surface area contributed by atoms with E-state index >= 15 is 0 Å². The third-order valence-corrected chi connectivity index (χ3v) is 22.5. The lowest BCUT2D eigenvalue weighted by Crippen LogP contribution is -2.50. The molecular formula is C48H68ClN5O7SSi. The fraction of sp³-hybridized carbons (Fsp3) is 0.604. The molecule has 63 heavy (non-hydrogen) atoms. The minimum absolute atomic E-state index is 0.0543. The normalized spacial score (nSPS) is 26.9. The molecule has 2 bridgehead atoms. The lowest BCUT2D eigenvalue weighted by Gasteiger charge is -2.46. The molecule has 3 heterocycles. The molecule has 2 aliphatic carbocycles. The molecule has 2 aliphatic heterocycles. The van der Waals surface area contributed by atoms with E-state index in [2.05, 4.69) is 84.9 Å². The zero-order chi connectivity index (χ0) is 45.3. The van der Waals surface area contributed by atoms with Crippen LogP contribution in [0.1, 0.15) is 112 Å². The van der Waals surface area contributed by atoms with Crippen LogP contribution in [-0.2, 0) is 38.0 Å². The summed E-state index contributed by atoms with van der Waals surface area (Å²) in [4.78, 5) is 30.4. The molecular weight excluding hydrogens is 854 g/mol. The Morgan fingerprint density at radius 1 is 1.08 bits per heavy atom. The number of carbonyl (C=O) groups excluding carboxylic acids is 2. The summed E-state index contributed by atoms with van der Waals surface area (Å²) in [7, 11) is -2.66. The minimum Gasteiger partial charge on any atom is -0.490 e. The lowest BCUT2D eigenvalue weighted by molar-refractivity contribution is -0.0247. The van der Waals surface area contributed by atoms with Gasteiger partial charge in [-0.15, -0.1) is 9.46 Å². The van der Waals surface area contributed by atoms with Gasteiger partial charge in [-0.1, -0.05) is 78.3 Å². The number of rotatable bonds is 11. The van der Waals surface area contributed by atoms with Crippen molar-refractivity contribution < 1.29 is 32.4 Å². The van der Waals surface area contributed by atoms with Crippen LogP contribution in [0, 0.1) is 17.8 Å². The highest BCUT2D eigenvalue weighted by Gasteiger charge is 2.46. The third kappa shape index (κ3) is 9.95. The van der Waals surface area contributed by atoms with Crippen molar-refractivity contribution in [1.82, 2.24) is 14.5 Å². The highest BCUT2D eigenvalue weighted by atomic mass is 35.5. The molecule has 1 unspecified atom stereocenters. The van der Waals surface area contributed by atoms with Crippen LogP contribution in [0.2, 0.25) is 21.6 Å². The van der Waals surface area contributed by atoms with Gasteiger partial charge in [0.15, 0.2) is 8.32 Å². The molecule has 4 aliphatic rings. The van der Waals surface area contributed by atoms with Crippen LogP contribution in [0.4, 0.5) is 5.69 Å². The van der Waals surface area contributed by atoms with Crippen LogP contribution in [0.3, 0.4) is 0 Å². The van der Waals surface area contributed by atoms with Crippen molar-refractivity contribution in [3.63, 3.8) is 0 Å². The Labute approximate surface area is 381 Å². The van der Waals surface area contributed by atoms with Gasteiger partial charge in [-0.2, -0.15) is 0 Å². The number of nitrogens with zero attached hydrogens (tertiary/aromatic N) is 4. The number of amides is 2. The number of allylic oxidation sites excluding steroid dienone is 1. The number of fused-ring (bicyclic) bond motifs is 4. The quantitative estimate of drug-likeness (QED) is 0.113. The highest BCUT2D eigenvalue weighted by Crippen LogP contribution is 2.48. The van der Waals surface area contributed by atoms with E-state index < -0.39 is 30.0 Å². The second-order valence-corrected chi connectivity index (χ2v) is 27.3. The molecule has 15 heteroatoms. The fourth-order valence-corrected chi connectivity index (χ4v) is 18.7. The van der Waals surface area contributed by atoms with Crippen molar-refractivity contribution in [2.24, 2.45) is 29.2 Å². The molecule has 2 amide bonds. The second-order valence-electron chi connectivity index (χ2n) is 19.4. The summed E-state index contributed by atoms with van der Waals surface area (Å²) in [5.74, 6) is -0.296. The van der Waals surface area contributed by atoms with Gasteiger partial charge in [-0.3, -0.25) is 19.0 Å². The van der Waals surface area contributed by atoms with Crippen molar-refractivity contribution in [1.29, 1.82) is 0 Å². The van der Waals surface area contributed by atoms with Gasteiger partial charge in [0.25, 0.3) is 11.8 Å². The number of aromatic nitrogens is 2. The maximum atomic E-state index is 14.9. The van der Waals surface area contributed by atoms with E-state index in [1.54, 1.807) is 13.1 Å². The van der Waals surface area contributed by atoms with Crippen molar-refractivity contribution in [2.45, 2.75) is 115 Å². The van der Waals surface area contributed by atoms with E-state index in [1.165, 1.54) is 29.1 Å². The standard InChI is InChI=1S/C48H68ClN5O7SSi/c1-31(2)63(32(3)4,33(5)6)61-23-22-59-43-14-10-12-34(7)28-62(57,52-46(56)40-27-53(8)50-47(40)58-9)51-45(55)36-16-20-44-42(25-36)54(26-37-15-18-39(37)43)29-48(30-60-44)21-11-13-35-24-38(49)17-19-41(35)48/h10,14,16-17,19-20,24-25,27,31-34,37,39,43H,11-13,15,18,21-23,26,28-30H2,1-9H3,(H,51,52,55,56,57)/b14-10+/t34-,37-,39+,43-,48-,62?/m0/s1. The summed E-state index contributed by atoms with van der Waals surface area (Å²) < 4.78 is 49.2. The van der Waals surface area contributed by atoms with Gasteiger partial charge in [0.1, 0.15) is 21.2 Å². The smallest absolute Gasteiger partial charge is 0.286 e. The Morgan fingerprint density at radius 3 is 2.54 bits per heavy atom. The molecule has 1 spiro atoms. The molecule has 6 atom stereocenters. The number of hydrogen-bond acceptors (Lipinski definition) is 9. The molecule has 0 radical (unpaired) electrons. The van der Waals surface area contributed by atoms with Gasteiger partial charge in [0.2, 0.25) is 5.88 Å². The maximum Gasteiger partial charge on any atom is 0.286 e. The summed E-state index contributed by atoms with van der Waals surface area (Å²) in [6.45, 7) is 18.7. The number of nitrogens with one attached hydrogen (secondary N) is 1. The number of anilines is 1. The van der Waals surface area contributed by atoms with E-state index in [-0.39, 0.29) is 46.1 Å². The first-order valence-corrected chi connectivity index (χ1v) is 27.1. The van der Waals surface area contributed by atoms with Crippen LogP contribution in [0.15, 0.2) is 59.1 Å². The zero-order valence-electron chi connectivity index (χ0n) is 38.7. The van der Waals surface area contributed by atoms with Crippen molar-refractivity contribution in [2.75, 3.05) is 50.7 Å². The molecule has 7 rings (SSSR count). The SMILES string of the molecule is COc1nn(C)cc1C(=O)NS1(=O)=NC(=O)c2ccc3c(c2)N(C[C@@H]2CC[C@H]2[C@@H](OCCO[Si](C(C)C)(C(C)C)C(C)C)/C=C/C[C@H](C)C1)C[C@@]1(CCCc2cc(Cl)ccc21)CO3. The largest absolute Gasteiger partial charge is 0.490 e. The summed E-state index contributed by atoms with van der Waals surface area (Å²) in [6, 6.07) is 11.6. The Balaban J connectivity index is 1.26. The van der Waals surface area contributed by atoms with Crippen LogP contribution >= 0.6 is 11.6 Å². The number of hydrogen-bond donors (Lipinski definition) is 1. The van der Waals surface area contributed by atoms with Gasteiger partial charge < -0.3 is 23.5 Å². The molecule has 344 valence electrons. The topological polar surface area (TPSA) is 134 Å². The Morgan fingerprint density at radius 2 is 1.84 bits per heavy atom. The first-order chi connectivity index (χ1) is 30.0. The molecule has 1 N–H and O–H groups in total. The highest BCUT2D eigenvalue weighted by molar-refractivity contribution is 7.92. The van der Waals surface area contributed by atoms with E-state index in [1.807, 2.05) is 25.1 Å². The maximum absolute atomic E-state index is 14.9. The van der Waals surface area contributed by atoms with Crippen molar-refractivity contribution >= 4 is 47.3 Å². The molecule has 2 aromatic carbocycles. The first kappa shape index (κ1) is 47.3. The second kappa shape index (κ2) is 19.4. The number of halogens is 1. The first-order valence-electron chi connectivity index (χ1n) is 22.9. The molecule has 12 nitrogen and oxygen atoms in total. The minimum atomic E-state index is -3.65. The third-order valence-electron chi connectivity index (χ3n) is 14.2. The lowest BCUT2D eigenvalue weighted by atomic mass is 9.68. The Hall–Kier alpha value is -3.69. The number of ether oxygens (including phenoxy) is 3. The molecule has 1 aromatic heterocycles. The van der Waals surface area contributed by atoms with Crippen molar-refractivity contribution in [3.8, 4) is 11.6 Å². The molecule has 3 aromatic rings. The van der Waals surface area contributed by atoms with E-state index in [9.17, 15) is 13.8 Å². The van der Waals surface area contributed by atoms with Gasteiger partial charge in [0.05, 0.1) is 44.5 Å². The molecule has 0 saturated heterocycles. The summed E-state index contributed by atoms with van der Waals surface area (Å²) in [6.07, 6.45) is 11.2. The number of aryl methyl sites for hydroxylation is 2. The zero-order valence-corrected chi connectivity index (χ0v) is 41.2. The Kier molecular flexibility index (Phi) is 14.6. The number of carbonyl (C=O) groups is 2. The Bertz CT molecular complexity index is 2280. The van der Waals surface area contributed by atoms with Crippen LogP contribution in [0.25, 0.3) is 0 Å². The number of methoxy groups -OCH3 is 1. The van der Waals surface area contributed by atoms with Gasteiger partial charge >= 0.3 is 0 Å². The predicted molar refractivity (Wildman–Crippen MR) is 253 cm³/mol. The van der Waals surface area contributed by atoms with Gasteiger partial charge in [0, 0.05) is 42.3 Å². The molecule has 1 saturated carbocycles. The van der Waals surface area contributed by atoms with Crippen LogP contribution in [0.5, 0.6) is 11.6 Å². The van der Waals surface area contributed by atoms with E-state index in [0.717, 1.165) is 49.4 Å². The fourth-order valence-electron chi connectivity index (χ4n) is 11.2. The average molecular weight is 923 g/mol.